The van der Waals surface area contributed by atoms with Gasteiger partial charge in [-0.2, -0.15) is 4.98 Å². The molecule has 1 aliphatic rings. The van der Waals surface area contributed by atoms with E-state index in [1.807, 2.05) is 6.92 Å². The first-order chi connectivity index (χ1) is 6.88. The maximum Gasteiger partial charge on any atom is 0.226 e. The quantitative estimate of drug-likeness (QED) is 0.786. The lowest BCUT2D eigenvalue weighted by Gasteiger charge is -2.20. The van der Waals surface area contributed by atoms with Crippen LogP contribution in [-0.4, -0.2) is 23.2 Å². The number of hydrogen-bond donors (Lipinski definition) is 1. The van der Waals surface area contributed by atoms with Gasteiger partial charge in [0, 0.05) is 12.8 Å². The maximum atomic E-state index is 5.07. The van der Waals surface area contributed by atoms with E-state index < -0.39 is 0 Å². The summed E-state index contributed by atoms with van der Waals surface area (Å²) in [6.07, 6.45) is 4.33. The predicted octanol–water partition coefficient (Wildman–Crippen LogP) is 1.17. The average Bonchev–Trinajstić information content (AvgIpc) is 2.67. The molecule has 1 saturated heterocycles. The zero-order valence-corrected chi connectivity index (χ0v) is 8.62. The molecule has 1 aliphatic heterocycles. The summed E-state index contributed by atoms with van der Waals surface area (Å²) in [6.45, 7) is 4.28. The maximum absolute atomic E-state index is 5.07. The summed E-state index contributed by atoms with van der Waals surface area (Å²) in [6, 6.07) is 0. The van der Waals surface area contributed by atoms with Gasteiger partial charge in [0.25, 0.3) is 0 Å². The monoisotopic (exact) mass is 195 g/mol. The fraction of sp³-hybridized carbons (Fsp3) is 0.800. The van der Waals surface area contributed by atoms with Gasteiger partial charge in [0.2, 0.25) is 5.89 Å². The topological polar surface area (TPSA) is 51.0 Å². The third-order valence-electron chi connectivity index (χ3n) is 2.68. The molecule has 1 fully saturated rings. The molecule has 0 amide bonds. The first-order valence-electron chi connectivity index (χ1n) is 5.40. The minimum Gasteiger partial charge on any atom is -0.339 e. The largest absolute Gasteiger partial charge is 0.339 e. The van der Waals surface area contributed by atoms with Gasteiger partial charge in [-0.15, -0.1) is 0 Å². The molecule has 1 aromatic rings. The summed E-state index contributed by atoms with van der Waals surface area (Å²) < 4.78 is 5.07. The van der Waals surface area contributed by atoms with E-state index in [4.69, 9.17) is 4.52 Å². The Morgan fingerprint density at radius 1 is 1.57 bits per heavy atom. The van der Waals surface area contributed by atoms with E-state index >= 15 is 0 Å². The molecule has 2 heterocycles. The van der Waals surface area contributed by atoms with E-state index in [1.165, 1.54) is 12.8 Å². The second-order valence-electron chi connectivity index (χ2n) is 3.87. The molecule has 1 aromatic heterocycles. The molecule has 14 heavy (non-hydrogen) atoms. The second kappa shape index (κ2) is 4.55. The first-order valence-corrected chi connectivity index (χ1v) is 5.40. The molecule has 1 N–H and O–H groups in total. The molecule has 1 unspecified atom stereocenters. The molecule has 2 rings (SSSR count). The lowest BCUT2D eigenvalue weighted by molar-refractivity contribution is 0.350. The molecule has 0 spiro atoms. The van der Waals surface area contributed by atoms with Crippen LogP contribution in [0.2, 0.25) is 0 Å². The molecule has 4 heteroatoms. The van der Waals surface area contributed by atoms with Gasteiger partial charge < -0.3 is 9.84 Å². The van der Waals surface area contributed by atoms with E-state index in [-0.39, 0.29) is 0 Å². The van der Waals surface area contributed by atoms with Crippen molar-refractivity contribution in [2.24, 2.45) is 5.92 Å². The summed E-state index contributed by atoms with van der Waals surface area (Å²) in [5, 5.41) is 7.36. The fourth-order valence-electron chi connectivity index (χ4n) is 1.87. The molecular formula is C10H17N3O. The van der Waals surface area contributed by atoms with Crippen LogP contribution in [0.5, 0.6) is 0 Å². The number of rotatable bonds is 3. The van der Waals surface area contributed by atoms with Crippen LogP contribution in [0.3, 0.4) is 0 Å². The summed E-state index contributed by atoms with van der Waals surface area (Å²) >= 11 is 0. The molecule has 0 aromatic carbocycles. The van der Waals surface area contributed by atoms with Crippen molar-refractivity contribution >= 4 is 0 Å². The SMILES string of the molecule is CCc1nc(CC2CCCNC2)no1. The van der Waals surface area contributed by atoms with Crippen LogP contribution in [0.4, 0.5) is 0 Å². The highest BCUT2D eigenvalue weighted by Crippen LogP contribution is 2.14. The van der Waals surface area contributed by atoms with Gasteiger partial charge in [0.15, 0.2) is 5.82 Å². The van der Waals surface area contributed by atoms with E-state index in [1.54, 1.807) is 0 Å². The highest BCUT2D eigenvalue weighted by molar-refractivity contribution is 4.89. The number of hydrogen-bond acceptors (Lipinski definition) is 4. The zero-order chi connectivity index (χ0) is 9.80. The van der Waals surface area contributed by atoms with E-state index in [0.29, 0.717) is 5.92 Å². The van der Waals surface area contributed by atoms with Crippen LogP contribution in [0.15, 0.2) is 4.52 Å². The van der Waals surface area contributed by atoms with Gasteiger partial charge in [-0.3, -0.25) is 0 Å². The Labute approximate surface area is 84.1 Å². The van der Waals surface area contributed by atoms with Gasteiger partial charge >= 0.3 is 0 Å². The molecule has 0 bridgehead atoms. The van der Waals surface area contributed by atoms with Crippen molar-refractivity contribution in [2.45, 2.75) is 32.6 Å². The Kier molecular flexibility index (Phi) is 3.14. The molecular weight excluding hydrogens is 178 g/mol. The summed E-state index contributed by atoms with van der Waals surface area (Å²) in [4.78, 5) is 4.32. The van der Waals surface area contributed by atoms with Crippen molar-refractivity contribution in [1.82, 2.24) is 15.5 Å². The van der Waals surface area contributed by atoms with E-state index in [2.05, 4.69) is 15.5 Å². The first kappa shape index (κ1) is 9.65. The highest BCUT2D eigenvalue weighted by Gasteiger charge is 2.16. The van der Waals surface area contributed by atoms with Crippen molar-refractivity contribution in [3.63, 3.8) is 0 Å². The van der Waals surface area contributed by atoms with Crippen LogP contribution in [0.25, 0.3) is 0 Å². The van der Waals surface area contributed by atoms with Crippen molar-refractivity contribution < 1.29 is 4.52 Å². The smallest absolute Gasteiger partial charge is 0.226 e. The highest BCUT2D eigenvalue weighted by atomic mass is 16.5. The molecule has 4 nitrogen and oxygen atoms in total. The van der Waals surface area contributed by atoms with Gasteiger partial charge in [-0.05, 0) is 31.8 Å². The van der Waals surface area contributed by atoms with Crippen molar-refractivity contribution in [1.29, 1.82) is 0 Å². The zero-order valence-electron chi connectivity index (χ0n) is 8.62. The molecule has 1 atom stereocenters. The van der Waals surface area contributed by atoms with Gasteiger partial charge in [-0.25, -0.2) is 0 Å². The fourth-order valence-corrected chi connectivity index (χ4v) is 1.87. The predicted molar refractivity (Wildman–Crippen MR) is 53.0 cm³/mol. The van der Waals surface area contributed by atoms with Crippen LogP contribution in [-0.2, 0) is 12.8 Å². The number of nitrogens with one attached hydrogen (secondary N) is 1. The summed E-state index contributed by atoms with van der Waals surface area (Å²) in [7, 11) is 0. The van der Waals surface area contributed by atoms with Crippen molar-refractivity contribution in [3.8, 4) is 0 Å². The Balaban J connectivity index is 1.89. The lowest BCUT2D eigenvalue weighted by atomic mass is 9.96. The van der Waals surface area contributed by atoms with Crippen LogP contribution >= 0.6 is 0 Å². The van der Waals surface area contributed by atoms with E-state index in [0.717, 1.165) is 37.6 Å². The van der Waals surface area contributed by atoms with Gasteiger partial charge in [-0.1, -0.05) is 12.1 Å². The number of aryl methyl sites for hydroxylation is 1. The molecule has 78 valence electrons. The van der Waals surface area contributed by atoms with Gasteiger partial charge in [0.05, 0.1) is 0 Å². The van der Waals surface area contributed by atoms with Crippen molar-refractivity contribution in [3.05, 3.63) is 11.7 Å². The summed E-state index contributed by atoms with van der Waals surface area (Å²) in [5.41, 5.74) is 0. The Morgan fingerprint density at radius 2 is 2.50 bits per heavy atom. The molecule has 0 aliphatic carbocycles. The van der Waals surface area contributed by atoms with Crippen molar-refractivity contribution in [2.75, 3.05) is 13.1 Å². The van der Waals surface area contributed by atoms with Gasteiger partial charge in [0.1, 0.15) is 0 Å². The standard InChI is InChI=1S/C10H17N3O/c1-2-10-12-9(13-14-10)6-8-4-3-5-11-7-8/h8,11H,2-7H2,1H3. The number of aromatic nitrogens is 2. The second-order valence-corrected chi connectivity index (χ2v) is 3.87. The third-order valence-corrected chi connectivity index (χ3v) is 2.68. The molecule has 0 saturated carbocycles. The van der Waals surface area contributed by atoms with Crippen LogP contribution in [0.1, 0.15) is 31.5 Å². The Hall–Kier alpha value is -0.900. The third kappa shape index (κ3) is 2.32. The average molecular weight is 195 g/mol. The number of nitrogens with zero attached hydrogens (tertiary/aromatic N) is 2. The molecule has 0 radical (unpaired) electrons. The normalized spacial score (nSPS) is 22.5. The lowest BCUT2D eigenvalue weighted by Crippen LogP contribution is -2.31. The van der Waals surface area contributed by atoms with Crippen LogP contribution < -0.4 is 5.32 Å². The minimum absolute atomic E-state index is 0.686. The Morgan fingerprint density at radius 3 is 3.14 bits per heavy atom. The summed E-state index contributed by atoms with van der Waals surface area (Å²) in [5.74, 6) is 2.31. The Bertz CT molecular complexity index is 279. The number of piperidine rings is 1. The van der Waals surface area contributed by atoms with Crippen LogP contribution in [0, 0.1) is 5.92 Å². The minimum atomic E-state index is 0.686. The van der Waals surface area contributed by atoms with E-state index in [9.17, 15) is 0 Å².